The molecule has 0 aliphatic heterocycles. The Bertz CT molecular complexity index is 317. The summed E-state index contributed by atoms with van der Waals surface area (Å²) in [6.45, 7) is 0. The lowest BCUT2D eigenvalue weighted by Crippen LogP contribution is -2.18. The highest BCUT2D eigenvalue weighted by molar-refractivity contribution is 5.34. The monoisotopic (exact) mass is 173 g/mol. The van der Waals surface area contributed by atoms with Gasteiger partial charge < -0.3 is 5.73 Å². The smallest absolute Gasteiger partial charge is 0.0411 e. The number of rotatable bonds is 2. The molecule has 0 amide bonds. The Balaban J connectivity index is 1.89. The van der Waals surface area contributed by atoms with E-state index in [0.717, 1.165) is 18.8 Å². The van der Waals surface area contributed by atoms with Crippen LogP contribution in [0.4, 0.5) is 0 Å². The van der Waals surface area contributed by atoms with Crippen molar-refractivity contribution in [3.8, 4) is 0 Å². The predicted octanol–water partition coefficient (Wildman–Crippen LogP) is 2.51. The molecule has 0 heterocycles. The van der Waals surface area contributed by atoms with Gasteiger partial charge in [-0.1, -0.05) is 24.3 Å². The second-order valence-electron chi connectivity index (χ2n) is 4.55. The van der Waals surface area contributed by atoms with E-state index in [-0.39, 0.29) is 5.54 Å². The van der Waals surface area contributed by atoms with Gasteiger partial charge in [-0.2, -0.15) is 0 Å². The molecule has 2 aliphatic rings. The van der Waals surface area contributed by atoms with Crippen molar-refractivity contribution in [3.63, 3.8) is 0 Å². The Kier molecular flexibility index (Phi) is 1.37. The Morgan fingerprint density at radius 3 is 2.15 bits per heavy atom. The number of hydrogen-bond acceptors (Lipinski definition) is 1. The van der Waals surface area contributed by atoms with Gasteiger partial charge >= 0.3 is 0 Å². The fraction of sp³-hybridized carbons (Fsp3) is 0.500. The van der Waals surface area contributed by atoms with E-state index in [1.54, 1.807) is 0 Å². The summed E-state index contributed by atoms with van der Waals surface area (Å²) >= 11 is 0. The molecule has 3 rings (SSSR count). The first-order valence-electron chi connectivity index (χ1n) is 5.17. The molecule has 1 aromatic rings. The van der Waals surface area contributed by atoms with Crippen molar-refractivity contribution in [3.05, 3.63) is 35.4 Å². The van der Waals surface area contributed by atoms with Gasteiger partial charge in [0.1, 0.15) is 0 Å². The third-order valence-electron chi connectivity index (χ3n) is 3.32. The highest BCUT2D eigenvalue weighted by Crippen LogP contribution is 2.44. The average Bonchev–Trinajstić information content (AvgIpc) is 2.98. The lowest BCUT2D eigenvalue weighted by atomic mass is 10.0. The molecule has 0 unspecified atom stereocenters. The van der Waals surface area contributed by atoms with Gasteiger partial charge in [0.25, 0.3) is 0 Å². The maximum absolute atomic E-state index is 6.11. The van der Waals surface area contributed by atoms with Crippen LogP contribution in [-0.4, -0.2) is 0 Å². The van der Waals surface area contributed by atoms with Crippen molar-refractivity contribution in [2.75, 3.05) is 0 Å². The second-order valence-corrected chi connectivity index (χ2v) is 4.55. The van der Waals surface area contributed by atoms with E-state index in [1.165, 1.54) is 24.0 Å². The predicted molar refractivity (Wildman–Crippen MR) is 53.5 cm³/mol. The van der Waals surface area contributed by atoms with Crippen molar-refractivity contribution < 1.29 is 0 Å². The molecule has 1 aromatic carbocycles. The quantitative estimate of drug-likeness (QED) is 0.730. The van der Waals surface area contributed by atoms with Crippen LogP contribution in [0.15, 0.2) is 24.3 Å². The third kappa shape index (κ3) is 1.28. The molecule has 2 saturated carbocycles. The van der Waals surface area contributed by atoms with Gasteiger partial charge in [-0.25, -0.2) is 0 Å². The number of hydrogen-bond donors (Lipinski definition) is 1. The summed E-state index contributed by atoms with van der Waals surface area (Å²) in [5.41, 5.74) is 8.99. The summed E-state index contributed by atoms with van der Waals surface area (Å²) in [6.07, 6.45) is 5.09. The van der Waals surface area contributed by atoms with E-state index >= 15 is 0 Å². The molecule has 1 heteroatoms. The molecule has 0 saturated heterocycles. The average molecular weight is 173 g/mol. The summed E-state index contributed by atoms with van der Waals surface area (Å²) in [5, 5.41) is 0. The molecule has 2 aliphatic carbocycles. The Morgan fingerprint density at radius 1 is 1.08 bits per heavy atom. The first-order chi connectivity index (χ1) is 6.28. The Morgan fingerprint density at radius 2 is 1.69 bits per heavy atom. The Labute approximate surface area is 78.9 Å². The highest BCUT2D eigenvalue weighted by Gasteiger charge is 2.39. The van der Waals surface area contributed by atoms with E-state index < -0.39 is 0 Å². The largest absolute Gasteiger partial charge is 0.321 e. The number of benzene rings is 1. The first kappa shape index (κ1) is 7.57. The molecule has 0 radical (unpaired) electrons. The SMILES string of the molecule is NC1(c2ccc(C3CC3)cc2)CC1. The lowest BCUT2D eigenvalue weighted by Gasteiger charge is -2.09. The summed E-state index contributed by atoms with van der Waals surface area (Å²) in [7, 11) is 0. The van der Waals surface area contributed by atoms with Crippen molar-refractivity contribution in [1.82, 2.24) is 0 Å². The van der Waals surface area contributed by atoms with E-state index in [4.69, 9.17) is 5.73 Å². The molecule has 2 fully saturated rings. The summed E-state index contributed by atoms with van der Waals surface area (Å²) in [6, 6.07) is 8.97. The molecule has 68 valence electrons. The van der Waals surface area contributed by atoms with E-state index in [1.807, 2.05) is 0 Å². The molecule has 13 heavy (non-hydrogen) atoms. The standard InChI is InChI=1S/C12H15N/c13-12(7-8-12)11-5-3-10(4-6-11)9-1-2-9/h3-6,9H,1-2,7-8,13H2. The van der Waals surface area contributed by atoms with Crippen LogP contribution in [0.1, 0.15) is 42.7 Å². The van der Waals surface area contributed by atoms with Gasteiger partial charge in [-0.15, -0.1) is 0 Å². The molecule has 0 bridgehead atoms. The van der Waals surface area contributed by atoms with Crippen molar-refractivity contribution >= 4 is 0 Å². The molecule has 0 aromatic heterocycles. The first-order valence-corrected chi connectivity index (χ1v) is 5.17. The minimum absolute atomic E-state index is 0.0437. The summed E-state index contributed by atoms with van der Waals surface area (Å²) in [4.78, 5) is 0. The van der Waals surface area contributed by atoms with Crippen LogP contribution in [0.5, 0.6) is 0 Å². The molecular formula is C12H15N. The van der Waals surface area contributed by atoms with Gasteiger partial charge in [0.2, 0.25) is 0 Å². The second kappa shape index (κ2) is 2.36. The third-order valence-corrected chi connectivity index (χ3v) is 3.32. The fourth-order valence-corrected chi connectivity index (χ4v) is 1.93. The molecular weight excluding hydrogens is 158 g/mol. The topological polar surface area (TPSA) is 26.0 Å². The van der Waals surface area contributed by atoms with Crippen LogP contribution >= 0.6 is 0 Å². The lowest BCUT2D eigenvalue weighted by molar-refractivity contribution is 0.739. The van der Waals surface area contributed by atoms with Crippen molar-refractivity contribution in [1.29, 1.82) is 0 Å². The van der Waals surface area contributed by atoms with E-state index in [9.17, 15) is 0 Å². The zero-order chi connectivity index (χ0) is 8.89. The van der Waals surface area contributed by atoms with Gasteiger partial charge in [-0.3, -0.25) is 0 Å². The molecule has 0 spiro atoms. The van der Waals surface area contributed by atoms with Crippen LogP contribution in [0.3, 0.4) is 0 Å². The van der Waals surface area contributed by atoms with E-state index in [2.05, 4.69) is 24.3 Å². The minimum Gasteiger partial charge on any atom is -0.321 e. The summed E-state index contributed by atoms with van der Waals surface area (Å²) < 4.78 is 0. The minimum atomic E-state index is 0.0437. The van der Waals surface area contributed by atoms with Crippen molar-refractivity contribution in [2.24, 2.45) is 5.73 Å². The van der Waals surface area contributed by atoms with Gasteiger partial charge in [0, 0.05) is 5.54 Å². The van der Waals surface area contributed by atoms with Crippen LogP contribution in [-0.2, 0) is 5.54 Å². The fourth-order valence-electron chi connectivity index (χ4n) is 1.93. The van der Waals surface area contributed by atoms with Crippen molar-refractivity contribution in [2.45, 2.75) is 37.1 Å². The van der Waals surface area contributed by atoms with Gasteiger partial charge in [-0.05, 0) is 42.7 Å². The molecule has 1 nitrogen and oxygen atoms in total. The normalized spacial score (nSPS) is 24.4. The van der Waals surface area contributed by atoms with Gasteiger partial charge in [0.05, 0.1) is 0 Å². The van der Waals surface area contributed by atoms with Crippen LogP contribution < -0.4 is 5.73 Å². The number of nitrogens with two attached hydrogens (primary N) is 1. The van der Waals surface area contributed by atoms with Crippen LogP contribution in [0.25, 0.3) is 0 Å². The Hall–Kier alpha value is -0.820. The maximum atomic E-state index is 6.11. The summed E-state index contributed by atoms with van der Waals surface area (Å²) in [5.74, 6) is 0.863. The van der Waals surface area contributed by atoms with Gasteiger partial charge in [0.15, 0.2) is 0 Å². The van der Waals surface area contributed by atoms with Crippen LogP contribution in [0, 0.1) is 0 Å². The molecule has 2 N–H and O–H groups in total. The van der Waals surface area contributed by atoms with Crippen LogP contribution in [0.2, 0.25) is 0 Å². The maximum Gasteiger partial charge on any atom is 0.0411 e. The highest BCUT2D eigenvalue weighted by atomic mass is 14.8. The zero-order valence-electron chi connectivity index (χ0n) is 7.79. The zero-order valence-corrected chi connectivity index (χ0v) is 7.79. The molecule has 0 atom stereocenters. The van der Waals surface area contributed by atoms with E-state index in [0.29, 0.717) is 0 Å².